The van der Waals surface area contributed by atoms with Crippen LogP contribution >= 0.6 is 11.6 Å². The van der Waals surface area contributed by atoms with Crippen LogP contribution < -0.4 is 16.4 Å². The Morgan fingerprint density at radius 3 is 2.56 bits per heavy atom. The van der Waals surface area contributed by atoms with Gasteiger partial charge in [0.05, 0.1) is 0 Å². The van der Waals surface area contributed by atoms with Crippen molar-refractivity contribution in [3.8, 4) is 0 Å². The molecule has 0 atom stereocenters. The van der Waals surface area contributed by atoms with Crippen molar-refractivity contribution in [2.75, 3.05) is 16.4 Å². The van der Waals surface area contributed by atoms with E-state index in [9.17, 15) is 0 Å². The fourth-order valence-corrected chi connectivity index (χ4v) is 2.74. The summed E-state index contributed by atoms with van der Waals surface area (Å²) >= 11 is 6.18. The molecule has 0 aliphatic carbocycles. The van der Waals surface area contributed by atoms with Crippen molar-refractivity contribution in [2.24, 2.45) is 0 Å². The van der Waals surface area contributed by atoms with E-state index in [-0.39, 0.29) is 0 Å². The van der Waals surface area contributed by atoms with Gasteiger partial charge >= 0.3 is 0 Å². The molecule has 3 rings (SSSR count). The van der Waals surface area contributed by atoms with Gasteiger partial charge < -0.3 is 16.4 Å². The second kappa shape index (κ2) is 7.40. The van der Waals surface area contributed by atoms with Crippen molar-refractivity contribution < 1.29 is 0 Å². The van der Waals surface area contributed by atoms with Crippen molar-refractivity contribution in [2.45, 2.75) is 20.4 Å². The highest BCUT2D eigenvalue weighted by Gasteiger charge is 2.10. The maximum Gasteiger partial charge on any atom is 0.159 e. The highest BCUT2D eigenvalue weighted by molar-refractivity contribution is 6.31. The van der Waals surface area contributed by atoms with Crippen molar-refractivity contribution in [3.63, 3.8) is 0 Å². The number of halogens is 1. The third-order valence-electron chi connectivity index (χ3n) is 3.92. The minimum absolute atomic E-state index is 0.467. The van der Waals surface area contributed by atoms with Gasteiger partial charge in [-0.25, -0.2) is 9.97 Å². The van der Waals surface area contributed by atoms with Crippen LogP contribution in [0.5, 0.6) is 0 Å². The van der Waals surface area contributed by atoms with Gasteiger partial charge in [0.25, 0.3) is 0 Å². The van der Waals surface area contributed by atoms with Crippen molar-refractivity contribution in [1.29, 1.82) is 0 Å². The summed E-state index contributed by atoms with van der Waals surface area (Å²) in [6.45, 7) is 4.64. The van der Waals surface area contributed by atoms with Gasteiger partial charge in [-0.05, 0) is 37.1 Å². The summed E-state index contributed by atoms with van der Waals surface area (Å²) in [5.41, 5.74) is 11.0. The van der Waals surface area contributed by atoms with Crippen molar-refractivity contribution in [1.82, 2.24) is 9.97 Å². The molecule has 6 heteroatoms. The standard InChI is InChI=1S/C19H20ClN5/c1-12-7-8-16(13(2)9-12)25-19-17(21)18(23-11-24-19)22-10-14-5-3-4-6-15(14)20/h3-9,11H,10,21H2,1-2H3,(H2,22,23,24,25). The number of benzene rings is 2. The molecule has 25 heavy (non-hydrogen) atoms. The number of aryl methyl sites for hydroxylation is 2. The molecule has 5 nitrogen and oxygen atoms in total. The van der Waals surface area contributed by atoms with Gasteiger partial charge in [0.1, 0.15) is 12.0 Å². The summed E-state index contributed by atoms with van der Waals surface area (Å²) in [4.78, 5) is 8.49. The highest BCUT2D eigenvalue weighted by atomic mass is 35.5. The molecule has 0 saturated carbocycles. The third-order valence-corrected chi connectivity index (χ3v) is 4.29. The summed E-state index contributed by atoms with van der Waals surface area (Å²) in [6.07, 6.45) is 1.48. The molecule has 0 radical (unpaired) electrons. The van der Waals surface area contributed by atoms with Gasteiger partial charge in [-0.2, -0.15) is 0 Å². The number of rotatable bonds is 5. The molecule has 4 N–H and O–H groups in total. The number of hydrogen-bond acceptors (Lipinski definition) is 5. The summed E-state index contributed by atoms with van der Waals surface area (Å²) in [5.74, 6) is 1.14. The van der Waals surface area contributed by atoms with E-state index in [0.29, 0.717) is 28.9 Å². The molecule has 0 aliphatic heterocycles. The summed E-state index contributed by atoms with van der Waals surface area (Å²) in [6, 6.07) is 13.8. The number of anilines is 4. The Morgan fingerprint density at radius 1 is 1.04 bits per heavy atom. The van der Waals surface area contributed by atoms with Crippen molar-refractivity contribution >= 4 is 34.6 Å². The summed E-state index contributed by atoms with van der Waals surface area (Å²) < 4.78 is 0. The number of nitrogens with zero attached hydrogens (tertiary/aromatic N) is 2. The predicted molar refractivity (Wildman–Crippen MR) is 104 cm³/mol. The molecule has 3 aromatic rings. The number of hydrogen-bond donors (Lipinski definition) is 3. The smallest absolute Gasteiger partial charge is 0.159 e. The molecule has 1 aromatic heterocycles. The molecule has 2 aromatic carbocycles. The van der Waals surface area contributed by atoms with E-state index < -0.39 is 0 Å². The molecule has 0 bridgehead atoms. The average Bonchev–Trinajstić information content (AvgIpc) is 2.59. The van der Waals surface area contributed by atoms with Gasteiger partial charge in [-0.15, -0.1) is 0 Å². The van der Waals surface area contributed by atoms with Crippen LogP contribution in [0, 0.1) is 13.8 Å². The van der Waals surface area contributed by atoms with Crippen LogP contribution in [0.15, 0.2) is 48.8 Å². The van der Waals surface area contributed by atoms with E-state index in [1.165, 1.54) is 11.9 Å². The molecule has 0 aliphatic rings. The topological polar surface area (TPSA) is 75.9 Å². The Labute approximate surface area is 152 Å². The largest absolute Gasteiger partial charge is 0.393 e. The van der Waals surface area contributed by atoms with Gasteiger partial charge in [-0.1, -0.05) is 47.5 Å². The molecule has 0 amide bonds. The van der Waals surface area contributed by atoms with Gasteiger partial charge in [0, 0.05) is 17.3 Å². The molecule has 0 spiro atoms. The van der Waals surface area contributed by atoms with Crippen LogP contribution in [0.2, 0.25) is 5.02 Å². The number of nitrogen functional groups attached to an aromatic ring is 1. The lowest BCUT2D eigenvalue weighted by Crippen LogP contribution is -2.08. The lowest BCUT2D eigenvalue weighted by Gasteiger charge is -2.14. The van der Waals surface area contributed by atoms with Crippen LogP contribution in [0.4, 0.5) is 23.0 Å². The monoisotopic (exact) mass is 353 g/mol. The Bertz CT molecular complexity index is 895. The van der Waals surface area contributed by atoms with Gasteiger partial charge in [-0.3, -0.25) is 0 Å². The Hall–Kier alpha value is -2.79. The number of aromatic nitrogens is 2. The van der Waals surface area contributed by atoms with Gasteiger partial charge in [0.15, 0.2) is 11.6 Å². The van der Waals surface area contributed by atoms with Crippen LogP contribution in [-0.4, -0.2) is 9.97 Å². The molecule has 0 saturated heterocycles. The van der Waals surface area contributed by atoms with Gasteiger partial charge in [0.2, 0.25) is 0 Å². The van der Waals surface area contributed by atoms with E-state index in [0.717, 1.165) is 16.8 Å². The van der Waals surface area contributed by atoms with E-state index in [4.69, 9.17) is 17.3 Å². The van der Waals surface area contributed by atoms with E-state index in [1.54, 1.807) is 0 Å². The molecule has 128 valence electrons. The molecule has 1 heterocycles. The average molecular weight is 354 g/mol. The first-order valence-corrected chi connectivity index (χ1v) is 8.34. The minimum Gasteiger partial charge on any atom is -0.393 e. The predicted octanol–water partition coefficient (Wildman–Crippen LogP) is 4.68. The second-order valence-corrected chi connectivity index (χ2v) is 6.28. The normalized spacial score (nSPS) is 10.5. The summed E-state index contributed by atoms with van der Waals surface area (Å²) in [7, 11) is 0. The third kappa shape index (κ3) is 4.00. The zero-order valence-electron chi connectivity index (χ0n) is 14.2. The summed E-state index contributed by atoms with van der Waals surface area (Å²) in [5, 5.41) is 7.20. The Morgan fingerprint density at radius 2 is 1.80 bits per heavy atom. The lowest BCUT2D eigenvalue weighted by atomic mass is 10.1. The second-order valence-electron chi connectivity index (χ2n) is 5.87. The lowest BCUT2D eigenvalue weighted by molar-refractivity contribution is 1.09. The first-order valence-electron chi connectivity index (χ1n) is 7.96. The first-order chi connectivity index (χ1) is 12.0. The van der Waals surface area contributed by atoms with E-state index in [2.05, 4.69) is 33.6 Å². The van der Waals surface area contributed by atoms with Crippen LogP contribution in [0.25, 0.3) is 0 Å². The van der Waals surface area contributed by atoms with E-state index >= 15 is 0 Å². The zero-order chi connectivity index (χ0) is 17.8. The minimum atomic E-state index is 0.467. The Balaban J connectivity index is 1.79. The Kier molecular flexibility index (Phi) is 5.05. The molecular weight excluding hydrogens is 334 g/mol. The van der Waals surface area contributed by atoms with Crippen LogP contribution in [-0.2, 0) is 6.54 Å². The van der Waals surface area contributed by atoms with E-state index in [1.807, 2.05) is 43.3 Å². The quantitative estimate of drug-likeness (QED) is 0.620. The first kappa shape index (κ1) is 17.0. The van der Waals surface area contributed by atoms with Crippen molar-refractivity contribution in [3.05, 3.63) is 70.5 Å². The zero-order valence-corrected chi connectivity index (χ0v) is 14.9. The maximum atomic E-state index is 6.23. The van der Waals surface area contributed by atoms with Crippen LogP contribution in [0.3, 0.4) is 0 Å². The fourth-order valence-electron chi connectivity index (χ4n) is 2.54. The van der Waals surface area contributed by atoms with Crippen LogP contribution in [0.1, 0.15) is 16.7 Å². The molecular formula is C19H20ClN5. The fraction of sp³-hybridized carbons (Fsp3) is 0.158. The number of nitrogens with one attached hydrogen (secondary N) is 2. The SMILES string of the molecule is Cc1ccc(Nc2ncnc(NCc3ccccc3Cl)c2N)c(C)c1. The molecule has 0 fully saturated rings. The maximum absolute atomic E-state index is 6.23. The highest BCUT2D eigenvalue weighted by Crippen LogP contribution is 2.28. The number of nitrogens with two attached hydrogens (primary N) is 1. The molecule has 0 unspecified atom stereocenters.